The third kappa shape index (κ3) is 6.11. The van der Waals surface area contributed by atoms with Gasteiger partial charge in [0, 0.05) is 28.6 Å². The smallest absolute Gasteiger partial charge is 0.251 e. The molecule has 1 aliphatic rings. The lowest BCUT2D eigenvalue weighted by atomic mass is 9.93. The first-order valence-electron chi connectivity index (χ1n) is 11.0. The van der Waals surface area contributed by atoms with Gasteiger partial charge in [0.05, 0.1) is 18.3 Å². The minimum absolute atomic E-state index is 0.0640. The molecule has 0 spiro atoms. The van der Waals surface area contributed by atoms with Crippen molar-refractivity contribution in [3.05, 3.63) is 58.4 Å². The molecule has 8 heteroatoms. The minimum Gasteiger partial charge on any atom is -0.496 e. The number of alkyl halides is 2. The summed E-state index contributed by atoms with van der Waals surface area (Å²) in [6.45, 7) is 5.15. The number of carbonyl (C=O) groups is 1. The fourth-order valence-electron chi connectivity index (χ4n) is 4.46. The average Bonchev–Trinajstić information content (AvgIpc) is 2.80. The number of nitrogens with zero attached hydrogens (tertiary/aromatic N) is 1. The van der Waals surface area contributed by atoms with Gasteiger partial charge in [-0.15, -0.1) is 0 Å². The second-order valence-corrected chi connectivity index (χ2v) is 10.6. The highest BCUT2D eigenvalue weighted by atomic mass is 127. The molecule has 3 rings (SSSR count). The van der Waals surface area contributed by atoms with Crippen LogP contribution >= 0.6 is 45.2 Å². The SMILES string of the molecule is COc1ccc(C(=O)NC2CCN(C(I)c3ccc(OC)c(C)c3C)C(CCI)C2)cc1F. The second kappa shape index (κ2) is 12.0. The molecule has 1 amide bonds. The lowest BCUT2D eigenvalue weighted by Gasteiger charge is -2.43. The summed E-state index contributed by atoms with van der Waals surface area (Å²) in [4.78, 5) is 15.3. The van der Waals surface area contributed by atoms with E-state index in [1.807, 2.05) is 0 Å². The van der Waals surface area contributed by atoms with Crippen molar-refractivity contribution >= 4 is 51.1 Å². The lowest BCUT2D eigenvalue weighted by molar-refractivity contribution is 0.0846. The van der Waals surface area contributed by atoms with Crippen LogP contribution in [0.3, 0.4) is 0 Å². The topological polar surface area (TPSA) is 50.8 Å². The Hall–Kier alpha value is -1.14. The summed E-state index contributed by atoms with van der Waals surface area (Å²) >= 11 is 4.97. The Morgan fingerprint density at radius 2 is 1.88 bits per heavy atom. The maximum Gasteiger partial charge on any atom is 0.251 e. The van der Waals surface area contributed by atoms with E-state index in [1.165, 1.54) is 35.9 Å². The van der Waals surface area contributed by atoms with Crippen molar-refractivity contribution < 1.29 is 18.7 Å². The molecule has 5 nitrogen and oxygen atoms in total. The van der Waals surface area contributed by atoms with E-state index in [-0.39, 0.29) is 21.7 Å². The van der Waals surface area contributed by atoms with Gasteiger partial charge < -0.3 is 14.8 Å². The van der Waals surface area contributed by atoms with Crippen molar-refractivity contribution in [1.82, 2.24) is 10.2 Å². The number of rotatable bonds is 8. The van der Waals surface area contributed by atoms with Crippen LogP contribution in [0.15, 0.2) is 30.3 Å². The van der Waals surface area contributed by atoms with Crippen LogP contribution in [0.1, 0.15) is 50.4 Å². The summed E-state index contributed by atoms with van der Waals surface area (Å²) in [7, 11) is 3.12. The molecule has 0 aliphatic carbocycles. The molecule has 0 saturated carbocycles. The van der Waals surface area contributed by atoms with Crippen LogP contribution in [0.2, 0.25) is 0 Å². The van der Waals surface area contributed by atoms with Gasteiger partial charge in [-0.2, -0.15) is 0 Å². The third-order valence-electron chi connectivity index (χ3n) is 6.50. The lowest BCUT2D eigenvalue weighted by Crippen LogP contribution is -2.50. The fraction of sp³-hybridized carbons (Fsp3) is 0.480. The quantitative estimate of drug-likeness (QED) is 0.212. The van der Waals surface area contributed by atoms with Crippen LogP contribution in [-0.4, -0.2) is 48.1 Å². The predicted molar refractivity (Wildman–Crippen MR) is 147 cm³/mol. The zero-order chi connectivity index (χ0) is 24.1. The molecule has 1 aliphatic heterocycles. The number of amides is 1. The number of methoxy groups -OCH3 is 2. The van der Waals surface area contributed by atoms with Gasteiger partial charge in [-0.1, -0.05) is 51.2 Å². The van der Waals surface area contributed by atoms with Gasteiger partial charge >= 0.3 is 0 Å². The van der Waals surface area contributed by atoms with Crippen LogP contribution in [0.4, 0.5) is 4.39 Å². The highest BCUT2D eigenvalue weighted by Crippen LogP contribution is 2.38. The van der Waals surface area contributed by atoms with Crippen molar-refractivity contribution in [1.29, 1.82) is 0 Å². The van der Waals surface area contributed by atoms with Crippen molar-refractivity contribution in [3.63, 3.8) is 0 Å². The van der Waals surface area contributed by atoms with Crippen molar-refractivity contribution in [3.8, 4) is 11.5 Å². The maximum absolute atomic E-state index is 14.0. The number of hydrogen-bond acceptors (Lipinski definition) is 4. The Bertz CT molecular complexity index is 988. The summed E-state index contributed by atoms with van der Waals surface area (Å²) < 4.78 is 25.8. The number of halogens is 3. The minimum atomic E-state index is -0.527. The van der Waals surface area contributed by atoms with Gasteiger partial charge in [0.1, 0.15) is 5.75 Å². The molecule has 2 aromatic carbocycles. The van der Waals surface area contributed by atoms with Crippen LogP contribution < -0.4 is 14.8 Å². The predicted octanol–water partition coefficient (Wildman–Crippen LogP) is 5.98. The molecule has 0 radical (unpaired) electrons. The van der Waals surface area contributed by atoms with E-state index in [0.717, 1.165) is 36.0 Å². The summed E-state index contributed by atoms with van der Waals surface area (Å²) in [5.74, 6) is 0.288. The van der Waals surface area contributed by atoms with Crippen LogP contribution in [0, 0.1) is 19.7 Å². The van der Waals surface area contributed by atoms with Gasteiger partial charge in [-0.3, -0.25) is 9.69 Å². The Morgan fingerprint density at radius 3 is 2.52 bits per heavy atom. The first-order valence-corrected chi connectivity index (χ1v) is 13.8. The van der Waals surface area contributed by atoms with E-state index in [2.05, 4.69) is 81.4 Å². The molecule has 3 unspecified atom stereocenters. The largest absolute Gasteiger partial charge is 0.496 e. The Labute approximate surface area is 223 Å². The molecule has 0 aromatic heterocycles. The number of benzene rings is 2. The molecule has 3 atom stereocenters. The van der Waals surface area contributed by atoms with Crippen molar-refractivity contribution in [2.75, 3.05) is 25.2 Å². The molecule has 1 heterocycles. The van der Waals surface area contributed by atoms with E-state index in [1.54, 1.807) is 13.2 Å². The molecule has 0 bridgehead atoms. The Balaban J connectivity index is 1.72. The van der Waals surface area contributed by atoms with Gasteiger partial charge in [-0.05, 0) is 74.1 Å². The molecule has 33 heavy (non-hydrogen) atoms. The normalized spacial score (nSPS) is 19.7. The molecule has 180 valence electrons. The molecule has 1 N–H and O–H groups in total. The first-order chi connectivity index (χ1) is 15.8. The maximum atomic E-state index is 14.0. The van der Waals surface area contributed by atoms with E-state index >= 15 is 0 Å². The zero-order valence-electron chi connectivity index (χ0n) is 19.5. The van der Waals surface area contributed by atoms with E-state index in [0.29, 0.717) is 11.6 Å². The Kier molecular flexibility index (Phi) is 9.63. The highest BCUT2D eigenvalue weighted by Gasteiger charge is 2.33. The standard InChI is InChI=1S/C25H31FI2N2O3/c1-15-16(2)22(32-3)8-6-20(15)24(28)30-12-10-18(14-19(30)9-11-27)29-25(31)17-5-7-23(33-4)21(26)13-17/h5-8,13,18-19,24H,9-12,14H2,1-4H3,(H,29,31). The summed E-state index contributed by atoms with van der Waals surface area (Å²) in [6, 6.07) is 8.98. The molecule has 1 fully saturated rings. The van der Waals surface area contributed by atoms with Crippen LogP contribution in [0.25, 0.3) is 0 Å². The first kappa shape index (κ1) is 26.5. The van der Waals surface area contributed by atoms with Gasteiger partial charge in [0.15, 0.2) is 11.6 Å². The molecular weight excluding hydrogens is 649 g/mol. The van der Waals surface area contributed by atoms with Crippen molar-refractivity contribution in [2.24, 2.45) is 0 Å². The number of nitrogens with one attached hydrogen (secondary N) is 1. The number of ether oxygens (including phenoxy) is 2. The second-order valence-electron chi connectivity index (χ2n) is 8.36. The van der Waals surface area contributed by atoms with Gasteiger partial charge in [0.2, 0.25) is 0 Å². The van der Waals surface area contributed by atoms with E-state index < -0.39 is 5.82 Å². The highest BCUT2D eigenvalue weighted by molar-refractivity contribution is 14.1. The summed E-state index contributed by atoms with van der Waals surface area (Å²) in [5, 5.41) is 3.13. The number of likely N-dealkylation sites (tertiary alicyclic amines) is 1. The van der Waals surface area contributed by atoms with Crippen LogP contribution in [-0.2, 0) is 0 Å². The third-order valence-corrected chi connectivity index (χ3v) is 8.51. The fourth-order valence-corrected chi connectivity index (χ4v) is 6.59. The number of carbonyl (C=O) groups excluding carboxylic acids is 1. The zero-order valence-corrected chi connectivity index (χ0v) is 23.8. The molecule has 2 aromatic rings. The molecular formula is C25H31FI2N2O3. The summed E-state index contributed by atoms with van der Waals surface area (Å²) in [5.41, 5.74) is 4.07. The van der Waals surface area contributed by atoms with E-state index in [9.17, 15) is 9.18 Å². The van der Waals surface area contributed by atoms with Gasteiger partial charge in [-0.25, -0.2) is 4.39 Å². The Morgan fingerprint density at radius 1 is 1.18 bits per heavy atom. The number of piperidine rings is 1. The average molecular weight is 680 g/mol. The summed E-state index contributed by atoms with van der Waals surface area (Å²) in [6.07, 6.45) is 2.79. The van der Waals surface area contributed by atoms with Crippen LogP contribution in [0.5, 0.6) is 11.5 Å². The monoisotopic (exact) mass is 680 g/mol. The van der Waals surface area contributed by atoms with Gasteiger partial charge in [0.25, 0.3) is 5.91 Å². The number of hydrogen-bond donors (Lipinski definition) is 1. The van der Waals surface area contributed by atoms with Crippen molar-refractivity contribution in [2.45, 2.75) is 49.2 Å². The van der Waals surface area contributed by atoms with E-state index in [4.69, 9.17) is 9.47 Å². The molecule has 1 saturated heterocycles.